The van der Waals surface area contributed by atoms with Crippen LogP contribution in [0.25, 0.3) is 11.3 Å². The number of aromatic nitrogens is 2. The Morgan fingerprint density at radius 1 is 1.27 bits per heavy atom. The third-order valence-electron chi connectivity index (χ3n) is 3.41. The third-order valence-corrected chi connectivity index (χ3v) is 3.90. The summed E-state index contributed by atoms with van der Waals surface area (Å²) in [6.45, 7) is 0. The van der Waals surface area contributed by atoms with E-state index in [1.807, 2.05) is 12.1 Å². The number of H-pyrrole nitrogens is 1. The molecule has 0 bridgehead atoms. The molecule has 6 nitrogen and oxygen atoms in total. The maximum absolute atomic E-state index is 13.7. The molecule has 26 heavy (non-hydrogen) atoms. The summed E-state index contributed by atoms with van der Waals surface area (Å²) < 4.78 is 14.4. The van der Waals surface area contributed by atoms with Gasteiger partial charge >= 0.3 is 0 Å². The van der Waals surface area contributed by atoms with Crippen molar-refractivity contribution in [1.82, 2.24) is 9.97 Å². The maximum Gasteiger partial charge on any atom is 0.270 e. The Labute approximate surface area is 156 Å². The Balaban J connectivity index is 1.93. The predicted octanol–water partition coefficient (Wildman–Crippen LogP) is 3.66. The number of hydrogen-bond donors (Lipinski definition) is 2. The molecule has 8 heteroatoms. The van der Waals surface area contributed by atoms with E-state index >= 15 is 0 Å². The van der Waals surface area contributed by atoms with Crippen molar-refractivity contribution < 1.29 is 4.39 Å². The Hall–Kier alpha value is -3.31. The number of aromatic amines is 1. The van der Waals surface area contributed by atoms with Gasteiger partial charge in [0.15, 0.2) is 0 Å². The number of anilines is 1. The van der Waals surface area contributed by atoms with Gasteiger partial charge in [-0.3, -0.25) is 9.78 Å². The SMILES string of the molecule is N#Cc1c(-c2ccccc2)nc(NN=Cc2cc(Br)ccc2F)[nH]c1=O. The second-order valence-electron chi connectivity index (χ2n) is 5.15. The molecule has 3 aromatic rings. The van der Waals surface area contributed by atoms with Gasteiger partial charge < -0.3 is 0 Å². The molecule has 0 radical (unpaired) electrons. The van der Waals surface area contributed by atoms with Crippen LogP contribution in [0.5, 0.6) is 0 Å². The van der Waals surface area contributed by atoms with E-state index in [4.69, 9.17) is 0 Å². The number of halogens is 2. The fourth-order valence-corrected chi connectivity index (χ4v) is 2.59. The van der Waals surface area contributed by atoms with Crippen molar-refractivity contribution in [2.24, 2.45) is 5.10 Å². The van der Waals surface area contributed by atoms with Crippen molar-refractivity contribution in [2.45, 2.75) is 0 Å². The molecule has 1 aromatic heterocycles. The van der Waals surface area contributed by atoms with Gasteiger partial charge in [0, 0.05) is 15.6 Å². The standard InChI is InChI=1S/C18H11BrFN5O/c19-13-6-7-15(20)12(8-13)10-22-25-18-23-16(11-4-2-1-3-5-11)14(9-21)17(26)24-18/h1-8,10H,(H2,23,24,25,26). The van der Waals surface area contributed by atoms with Crippen molar-refractivity contribution in [3.8, 4) is 17.3 Å². The number of nitriles is 1. The van der Waals surface area contributed by atoms with Crippen LogP contribution in [0.4, 0.5) is 10.3 Å². The third kappa shape index (κ3) is 3.84. The Kier molecular flexibility index (Phi) is 5.20. The van der Waals surface area contributed by atoms with Crippen molar-refractivity contribution in [3.63, 3.8) is 0 Å². The van der Waals surface area contributed by atoms with E-state index < -0.39 is 11.4 Å². The first kappa shape index (κ1) is 17.5. The van der Waals surface area contributed by atoms with Crippen molar-refractivity contribution in [1.29, 1.82) is 5.26 Å². The summed E-state index contributed by atoms with van der Waals surface area (Å²) in [6.07, 6.45) is 1.26. The molecular weight excluding hydrogens is 401 g/mol. The van der Waals surface area contributed by atoms with Crippen LogP contribution in [0.3, 0.4) is 0 Å². The predicted molar refractivity (Wildman–Crippen MR) is 100 cm³/mol. The molecule has 0 fully saturated rings. The minimum absolute atomic E-state index is 0.0412. The van der Waals surface area contributed by atoms with E-state index in [9.17, 15) is 14.4 Å². The highest BCUT2D eigenvalue weighted by molar-refractivity contribution is 9.10. The lowest BCUT2D eigenvalue weighted by molar-refractivity contribution is 0.625. The molecule has 0 atom stereocenters. The normalized spacial score (nSPS) is 10.7. The van der Waals surface area contributed by atoms with Crippen molar-refractivity contribution in [3.05, 3.63) is 80.3 Å². The van der Waals surface area contributed by atoms with Gasteiger partial charge in [-0.1, -0.05) is 46.3 Å². The lowest BCUT2D eigenvalue weighted by Crippen LogP contribution is -2.16. The molecule has 2 aromatic carbocycles. The number of hydrazone groups is 1. The van der Waals surface area contributed by atoms with Crippen LogP contribution < -0.4 is 11.0 Å². The number of nitrogens with one attached hydrogen (secondary N) is 2. The average molecular weight is 412 g/mol. The van der Waals surface area contributed by atoms with Crippen LogP contribution in [0.15, 0.2) is 62.9 Å². The van der Waals surface area contributed by atoms with Crippen LogP contribution in [-0.2, 0) is 0 Å². The first-order valence-electron chi connectivity index (χ1n) is 7.42. The van der Waals surface area contributed by atoms with Gasteiger partial charge in [-0.25, -0.2) is 14.8 Å². The number of hydrogen-bond acceptors (Lipinski definition) is 5. The molecule has 0 saturated carbocycles. The summed E-state index contributed by atoms with van der Waals surface area (Å²) in [4.78, 5) is 18.8. The Morgan fingerprint density at radius 2 is 2.04 bits per heavy atom. The molecule has 0 unspecified atom stereocenters. The summed E-state index contributed by atoms with van der Waals surface area (Å²) >= 11 is 3.25. The van der Waals surface area contributed by atoms with Gasteiger partial charge in [-0.15, -0.1) is 0 Å². The molecule has 3 rings (SSSR count). The van der Waals surface area contributed by atoms with Crippen LogP contribution in [0, 0.1) is 17.1 Å². The highest BCUT2D eigenvalue weighted by Gasteiger charge is 2.12. The smallest absolute Gasteiger partial charge is 0.270 e. The van der Waals surface area contributed by atoms with E-state index in [1.165, 1.54) is 12.3 Å². The zero-order valence-corrected chi connectivity index (χ0v) is 14.8. The molecule has 0 amide bonds. The van der Waals surface area contributed by atoms with Crippen LogP contribution >= 0.6 is 15.9 Å². The summed E-state index contributed by atoms with van der Waals surface area (Å²) in [6, 6.07) is 15.2. The monoisotopic (exact) mass is 411 g/mol. The quantitative estimate of drug-likeness (QED) is 0.505. The van der Waals surface area contributed by atoms with Gasteiger partial charge in [0.25, 0.3) is 5.56 Å². The van der Waals surface area contributed by atoms with Crippen molar-refractivity contribution in [2.75, 3.05) is 5.43 Å². The highest BCUT2D eigenvalue weighted by Crippen LogP contribution is 2.19. The van der Waals surface area contributed by atoms with Gasteiger partial charge in [-0.2, -0.15) is 10.4 Å². The largest absolute Gasteiger partial charge is 0.290 e. The molecule has 1 heterocycles. The van der Waals surface area contributed by atoms with E-state index in [0.717, 1.165) is 0 Å². The highest BCUT2D eigenvalue weighted by atomic mass is 79.9. The zero-order valence-electron chi connectivity index (χ0n) is 13.2. The molecule has 0 spiro atoms. The summed E-state index contributed by atoms with van der Waals surface area (Å²) in [5.74, 6) is -0.399. The fraction of sp³-hybridized carbons (Fsp3) is 0. The first-order chi connectivity index (χ1) is 12.6. The lowest BCUT2D eigenvalue weighted by atomic mass is 10.1. The second kappa shape index (κ2) is 7.72. The fourth-order valence-electron chi connectivity index (χ4n) is 2.21. The van der Waals surface area contributed by atoms with E-state index in [2.05, 4.69) is 36.4 Å². The Bertz CT molecular complexity index is 1070. The lowest BCUT2D eigenvalue weighted by Gasteiger charge is -2.06. The summed E-state index contributed by atoms with van der Waals surface area (Å²) in [5.41, 5.74) is 2.99. The number of benzene rings is 2. The second-order valence-corrected chi connectivity index (χ2v) is 6.07. The minimum Gasteiger partial charge on any atom is -0.290 e. The van der Waals surface area contributed by atoms with Crippen LogP contribution in [0.2, 0.25) is 0 Å². The van der Waals surface area contributed by atoms with E-state index in [1.54, 1.807) is 36.4 Å². The summed E-state index contributed by atoms with van der Waals surface area (Å²) in [5, 5.41) is 13.1. The molecule has 0 saturated heterocycles. The Morgan fingerprint density at radius 3 is 2.77 bits per heavy atom. The zero-order chi connectivity index (χ0) is 18.5. The maximum atomic E-state index is 13.7. The average Bonchev–Trinajstić information content (AvgIpc) is 2.65. The molecule has 2 N–H and O–H groups in total. The van der Waals surface area contributed by atoms with E-state index in [-0.39, 0.29) is 22.8 Å². The molecule has 0 aliphatic rings. The van der Waals surface area contributed by atoms with Gasteiger partial charge in [0.1, 0.15) is 17.4 Å². The molecule has 128 valence electrons. The molecule has 0 aliphatic carbocycles. The van der Waals surface area contributed by atoms with Crippen molar-refractivity contribution >= 4 is 28.1 Å². The summed E-state index contributed by atoms with van der Waals surface area (Å²) in [7, 11) is 0. The van der Waals surface area contributed by atoms with Gasteiger partial charge in [0.2, 0.25) is 5.95 Å². The first-order valence-corrected chi connectivity index (χ1v) is 8.22. The number of nitrogens with zero attached hydrogens (tertiary/aromatic N) is 3. The topological polar surface area (TPSA) is 93.9 Å². The van der Waals surface area contributed by atoms with Crippen LogP contribution in [-0.4, -0.2) is 16.2 Å². The minimum atomic E-state index is -0.590. The van der Waals surface area contributed by atoms with E-state index in [0.29, 0.717) is 10.0 Å². The van der Waals surface area contributed by atoms with Gasteiger partial charge in [-0.05, 0) is 18.2 Å². The molecular formula is C18H11BrFN5O. The van der Waals surface area contributed by atoms with Gasteiger partial charge in [0.05, 0.1) is 11.9 Å². The molecule has 0 aliphatic heterocycles. The number of rotatable bonds is 4. The van der Waals surface area contributed by atoms with Crippen LogP contribution in [0.1, 0.15) is 11.1 Å².